The molecule has 7 heteroatoms. The monoisotopic (exact) mass is 309 g/mol. The van der Waals surface area contributed by atoms with Crippen LogP contribution in [0.2, 0.25) is 0 Å². The summed E-state index contributed by atoms with van der Waals surface area (Å²) >= 11 is 0. The van der Waals surface area contributed by atoms with E-state index in [9.17, 15) is 0 Å². The van der Waals surface area contributed by atoms with Crippen molar-refractivity contribution in [2.24, 2.45) is 0 Å². The molecule has 0 aromatic carbocycles. The molecule has 23 heavy (non-hydrogen) atoms. The number of nitrogens with zero attached hydrogens (tertiary/aromatic N) is 7. The molecule has 0 saturated carbocycles. The summed E-state index contributed by atoms with van der Waals surface area (Å²) in [5.41, 5.74) is 1.90. The van der Waals surface area contributed by atoms with E-state index in [-0.39, 0.29) is 0 Å². The van der Waals surface area contributed by atoms with Gasteiger partial charge in [0.25, 0.3) is 0 Å². The SMILES string of the molecule is C[C@@H]1CN(Cc2ccccn2)CCN1c1ccc2nncn2n1. The van der Waals surface area contributed by atoms with Crippen molar-refractivity contribution >= 4 is 11.5 Å². The minimum atomic E-state index is 0.397. The van der Waals surface area contributed by atoms with Gasteiger partial charge in [-0.05, 0) is 31.2 Å². The van der Waals surface area contributed by atoms with Crippen molar-refractivity contribution in [2.45, 2.75) is 19.5 Å². The number of rotatable bonds is 3. The van der Waals surface area contributed by atoms with Crippen LogP contribution in [0.5, 0.6) is 0 Å². The van der Waals surface area contributed by atoms with E-state index in [2.05, 4.69) is 43.1 Å². The maximum absolute atomic E-state index is 4.61. The maximum atomic E-state index is 4.61. The zero-order valence-electron chi connectivity index (χ0n) is 13.1. The lowest BCUT2D eigenvalue weighted by Crippen LogP contribution is -2.52. The van der Waals surface area contributed by atoms with Gasteiger partial charge in [0, 0.05) is 38.4 Å². The topological polar surface area (TPSA) is 62.5 Å². The molecule has 0 amide bonds. The van der Waals surface area contributed by atoms with Gasteiger partial charge in [0.15, 0.2) is 5.65 Å². The second-order valence-corrected chi connectivity index (χ2v) is 5.92. The third kappa shape index (κ3) is 2.87. The number of hydrogen-bond donors (Lipinski definition) is 0. The smallest absolute Gasteiger partial charge is 0.177 e. The number of fused-ring (bicyclic) bond motifs is 1. The molecule has 0 radical (unpaired) electrons. The Hall–Kier alpha value is -2.54. The Kier molecular flexibility index (Phi) is 3.63. The van der Waals surface area contributed by atoms with Crippen molar-refractivity contribution in [3.63, 3.8) is 0 Å². The first-order chi connectivity index (χ1) is 11.3. The third-order valence-corrected chi connectivity index (χ3v) is 4.27. The number of pyridine rings is 1. The fourth-order valence-corrected chi connectivity index (χ4v) is 3.11. The average molecular weight is 309 g/mol. The van der Waals surface area contributed by atoms with Crippen molar-refractivity contribution < 1.29 is 0 Å². The molecule has 0 bridgehead atoms. The highest BCUT2D eigenvalue weighted by atomic mass is 15.4. The highest BCUT2D eigenvalue weighted by Gasteiger charge is 2.25. The van der Waals surface area contributed by atoms with Crippen molar-refractivity contribution in [1.29, 1.82) is 0 Å². The molecule has 1 atom stereocenters. The van der Waals surface area contributed by atoms with Crippen LogP contribution in [-0.4, -0.2) is 55.4 Å². The molecule has 4 rings (SSSR count). The summed E-state index contributed by atoms with van der Waals surface area (Å²) in [5, 5.41) is 12.5. The second-order valence-electron chi connectivity index (χ2n) is 5.92. The minimum absolute atomic E-state index is 0.397. The highest BCUT2D eigenvalue weighted by molar-refractivity contribution is 5.46. The predicted molar refractivity (Wildman–Crippen MR) is 87.1 cm³/mol. The molecule has 1 aliphatic rings. The molecule has 3 aromatic heterocycles. The summed E-state index contributed by atoms with van der Waals surface area (Å²) in [7, 11) is 0. The first-order valence-corrected chi connectivity index (χ1v) is 7.85. The van der Waals surface area contributed by atoms with Gasteiger partial charge in [-0.3, -0.25) is 9.88 Å². The van der Waals surface area contributed by atoms with Crippen molar-refractivity contribution in [3.05, 3.63) is 48.5 Å². The molecule has 0 aliphatic carbocycles. The van der Waals surface area contributed by atoms with Crippen LogP contribution in [0.4, 0.5) is 5.82 Å². The molecule has 0 spiro atoms. The number of anilines is 1. The van der Waals surface area contributed by atoms with Gasteiger partial charge in [0.2, 0.25) is 0 Å². The van der Waals surface area contributed by atoms with E-state index in [0.29, 0.717) is 6.04 Å². The lowest BCUT2D eigenvalue weighted by atomic mass is 10.2. The molecule has 0 unspecified atom stereocenters. The lowest BCUT2D eigenvalue weighted by Gasteiger charge is -2.40. The van der Waals surface area contributed by atoms with Crippen LogP contribution in [0.3, 0.4) is 0 Å². The molecular weight excluding hydrogens is 290 g/mol. The molecule has 1 aliphatic heterocycles. The zero-order valence-corrected chi connectivity index (χ0v) is 13.1. The molecule has 7 nitrogen and oxygen atoms in total. The summed E-state index contributed by atoms with van der Waals surface area (Å²) < 4.78 is 1.72. The molecule has 118 valence electrons. The van der Waals surface area contributed by atoms with Gasteiger partial charge in [0.05, 0.1) is 5.69 Å². The van der Waals surface area contributed by atoms with Crippen LogP contribution < -0.4 is 4.90 Å². The summed E-state index contributed by atoms with van der Waals surface area (Å²) in [5.74, 6) is 0.974. The quantitative estimate of drug-likeness (QED) is 0.725. The van der Waals surface area contributed by atoms with Gasteiger partial charge in [0.1, 0.15) is 12.1 Å². The summed E-state index contributed by atoms with van der Waals surface area (Å²) in [4.78, 5) is 9.21. The van der Waals surface area contributed by atoms with Crippen molar-refractivity contribution in [1.82, 2.24) is 29.7 Å². The maximum Gasteiger partial charge on any atom is 0.177 e. The number of piperazine rings is 1. The van der Waals surface area contributed by atoms with Crippen LogP contribution in [0, 0.1) is 0 Å². The fourth-order valence-electron chi connectivity index (χ4n) is 3.11. The summed E-state index contributed by atoms with van der Waals surface area (Å²) in [6, 6.07) is 10.5. The minimum Gasteiger partial charge on any atom is -0.350 e. The Labute approximate surface area is 134 Å². The first-order valence-electron chi connectivity index (χ1n) is 7.85. The van der Waals surface area contributed by atoms with Crippen LogP contribution in [0.15, 0.2) is 42.9 Å². The highest BCUT2D eigenvalue weighted by Crippen LogP contribution is 2.19. The van der Waals surface area contributed by atoms with E-state index in [1.807, 2.05) is 30.5 Å². The summed E-state index contributed by atoms with van der Waals surface area (Å²) in [6.45, 7) is 6.09. The van der Waals surface area contributed by atoms with Crippen molar-refractivity contribution in [3.8, 4) is 0 Å². The van der Waals surface area contributed by atoms with Gasteiger partial charge in [-0.2, -0.15) is 4.52 Å². The standard InChI is InChI=1S/C16H19N7/c1-13-10-21(11-14-4-2-3-7-17-14)8-9-22(13)16-6-5-15-19-18-12-23(15)20-16/h2-7,12-13H,8-11H2,1H3/t13-/m1/s1. The lowest BCUT2D eigenvalue weighted by molar-refractivity contribution is 0.218. The largest absolute Gasteiger partial charge is 0.350 e. The van der Waals surface area contributed by atoms with E-state index in [0.717, 1.165) is 43.3 Å². The molecule has 3 aromatic rings. The van der Waals surface area contributed by atoms with Gasteiger partial charge in [-0.15, -0.1) is 15.3 Å². The Morgan fingerprint density at radius 3 is 2.96 bits per heavy atom. The van der Waals surface area contributed by atoms with E-state index >= 15 is 0 Å². The normalized spacial score (nSPS) is 19.3. The fraction of sp³-hybridized carbons (Fsp3) is 0.375. The Morgan fingerprint density at radius 1 is 1.17 bits per heavy atom. The van der Waals surface area contributed by atoms with Crippen molar-refractivity contribution in [2.75, 3.05) is 24.5 Å². The molecule has 1 saturated heterocycles. The zero-order chi connectivity index (χ0) is 15.6. The van der Waals surface area contributed by atoms with Gasteiger partial charge in [-0.25, -0.2) is 0 Å². The van der Waals surface area contributed by atoms with Gasteiger partial charge < -0.3 is 4.90 Å². The van der Waals surface area contributed by atoms with Crippen LogP contribution in [-0.2, 0) is 6.54 Å². The van der Waals surface area contributed by atoms with E-state index < -0.39 is 0 Å². The summed E-state index contributed by atoms with van der Waals surface area (Å²) in [6.07, 6.45) is 3.49. The Morgan fingerprint density at radius 2 is 2.13 bits per heavy atom. The molecule has 0 N–H and O–H groups in total. The van der Waals surface area contributed by atoms with E-state index in [1.54, 1.807) is 10.8 Å². The van der Waals surface area contributed by atoms with Crippen LogP contribution in [0.25, 0.3) is 5.65 Å². The first kappa shape index (κ1) is 14.1. The number of aromatic nitrogens is 5. The Bertz CT molecular complexity index is 785. The third-order valence-electron chi connectivity index (χ3n) is 4.27. The van der Waals surface area contributed by atoms with E-state index in [4.69, 9.17) is 0 Å². The number of hydrogen-bond acceptors (Lipinski definition) is 6. The van der Waals surface area contributed by atoms with Gasteiger partial charge >= 0.3 is 0 Å². The van der Waals surface area contributed by atoms with E-state index in [1.165, 1.54) is 0 Å². The van der Waals surface area contributed by atoms with Crippen LogP contribution >= 0.6 is 0 Å². The predicted octanol–water partition coefficient (Wildman–Crippen LogP) is 1.23. The van der Waals surface area contributed by atoms with Gasteiger partial charge in [-0.1, -0.05) is 6.07 Å². The Balaban J connectivity index is 1.46. The average Bonchev–Trinajstić information content (AvgIpc) is 3.03. The molecule has 4 heterocycles. The molecular formula is C16H19N7. The second kappa shape index (κ2) is 5.92. The molecule has 1 fully saturated rings. The van der Waals surface area contributed by atoms with Crippen LogP contribution in [0.1, 0.15) is 12.6 Å².